The van der Waals surface area contributed by atoms with Gasteiger partial charge in [0.15, 0.2) is 5.78 Å². The van der Waals surface area contributed by atoms with Gasteiger partial charge >= 0.3 is 5.97 Å². The molecule has 2 aromatic rings. The van der Waals surface area contributed by atoms with Crippen LogP contribution in [0.4, 0.5) is 0 Å². The molecular weight excluding hydrogens is 280 g/mol. The van der Waals surface area contributed by atoms with Gasteiger partial charge in [-0.05, 0) is 30.7 Å². The summed E-state index contributed by atoms with van der Waals surface area (Å²) in [6.07, 6.45) is -0.0156. The molecule has 2 aromatic carbocycles. The van der Waals surface area contributed by atoms with Crippen LogP contribution in [0.2, 0.25) is 0 Å². The van der Waals surface area contributed by atoms with Crippen molar-refractivity contribution in [3.8, 4) is 5.75 Å². The summed E-state index contributed by atoms with van der Waals surface area (Å²) < 4.78 is 10.9. The second-order valence-electron chi connectivity index (χ2n) is 5.08. The summed E-state index contributed by atoms with van der Waals surface area (Å²) in [7, 11) is 0. The van der Waals surface area contributed by atoms with E-state index in [0.717, 1.165) is 5.56 Å². The number of fused-ring (bicyclic) bond motifs is 1. The van der Waals surface area contributed by atoms with Gasteiger partial charge in [0.25, 0.3) is 0 Å². The number of ketones is 1. The van der Waals surface area contributed by atoms with E-state index in [1.165, 1.54) is 0 Å². The predicted octanol–water partition coefficient (Wildman–Crippen LogP) is 3.57. The highest BCUT2D eigenvalue weighted by atomic mass is 16.5. The van der Waals surface area contributed by atoms with Crippen LogP contribution < -0.4 is 4.74 Å². The summed E-state index contributed by atoms with van der Waals surface area (Å²) in [6.45, 7) is 2.05. The maximum absolute atomic E-state index is 12.4. The molecule has 0 fully saturated rings. The quantitative estimate of drug-likeness (QED) is 0.812. The van der Waals surface area contributed by atoms with Crippen LogP contribution >= 0.6 is 0 Å². The normalized spacial score (nSPS) is 16.6. The molecule has 0 N–H and O–H groups in total. The number of esters is 1. The van der Waals surface area contributed by atoms with Gasteiger partial charge in [0.2, 0.25) is 0 Å². The Morgan fingerprint density at radius 3 is 2.73 bits per heavy atom. The molecule has 1 heterocycles. The lowest BCUT2D eigenvalue weighted by atomic mass is 9.95. The van der Waals surface area contributed by atoms with E-state index < -0.39 is 5.97 Å². The highest BCUT2D eigenvalue weighted by molar-refractivity contribution is 6.02. The highest BCUT2D eigenvalue weighted by Crippen LogP contribution is 2.35. The first-order valence-electron chi connectivity index (χ1n) is 7.25. The van der Waals surface area contributed by atoms with Gasteiger partial charge < -0.3 is 9.47 Å². The van der Waals surface area contributed by atoms with Gasteiger partial charge in [-0.1, -0.05) is 30.3 Å². The summed E-state index contributed by atoms with van der Waals surface area (Å²) in [5, 5.41) is 0. The maximum Gasteiger partial charge on any atom is 0.338 e. The van der Waals surface area contributed by atoms with Crippen molar-refractivity contribution in [1.29, 1.82) is 0 Å². The van der Waals surface area contributed by atoms with E-state index in [1.54, 1.807) is 25.1 Å². The fraction of sp³-hybridized carbons (Fsp3) is 0.222. The number of Topliss-reactive ketones (excluding diaryl/α,β-unsaturated/α-hetero) is 1. The van der Waals surface area contributed by atoms with E-state index in [0.29, 0.717) is 23.5 Å². The molecule has 3 rings (SSSR count). The molecule has 0 amide bonds. The number of carbonyl (C=O) groups excluding carboxylic acids is 2. The zero-order valence-electron chi connectivity index (χ0n) is 12.2. The number of hydrogen-bond donors (Lipinski definition) is 0. The Bertz CT molecular complexity index is 706. The second kappa shape index (κ2) is 6.02. The molecule has 0 saturated heterocycles. The monoisotopic (exact) mass is 296 g/mol. The zero-order chi connectivity index (χ0) is 15.5. The third-order valence-corrected chi connectivity index (χ3v) is 3.60. The van der Waals surface area contributed by atoms with E-state index in [1.807, 2.05) is 30.3 Å². The van der Waals surface area contributed by atoms with Gasteiger partial charge in [-0.3, -0.25) is 4.79 Å². The largest absolute Gasteiger partial charge is 0.484 e. The van der Waals surface area contributed by atoms with Crippen molar-refractivity contribution >= 4 is 11.8 Å². The van der Waals surface area contributed by atoms with E-state index in [-0.39, 0.29) is 18.3 Å². The molecule has 1 aliphatic rings. The molecule has 0 saturated carbocycles. The molecule has 1 unspecified atom stereocenters. The van der Waals surface area contributed by atoms with Crippen LogP contribution in [-0.2, 0) is 4.74 Å². The van der Waals surface area contributed by atoms with E-state index in [2.05, 4.69) is 0 Å². The minimum atomic E-state index is -0.428. The summed E-state index contributed by atoms with van der Waals surface area (Å²) in [6, 6.07) is 14.5. The first-order valence-corrected chi connectivity index (χ1v) is 7.25. The van der Waals surface area contributed by atoms with Crippen LogP contribution in [0.3, 0.4) is 0 Å². The molecule has 4 heteroatoms. The third-order valence-electron chi connectivity index (χ3n) is 3.60. The number of carbonyl (C=O) groups is 2. The van der Waals surface area contributed by atoms with Crippen LogP contribution in [0.1, 0.15) is 45.7 Å². The second-order valence-corrected chi connectivity index (χ2v) is 5.08. The SMILES string of the molecule is CCOC(=O)c1ccc2c(c1)C(=O)CC(c1ccccc1)O2. The maximum atomic E-state index is 12.4. The van der Waals surface area contributed by atoms with E-state index in [4.69, 9.17) is 9.47 Å². The molecule has 0 bridgehead atoms. The van der Waals surface area contributed by atoms with Crippen LogP contribution in [-0.4, -0.2) is 18.4 Å². The van der Waals surface area contributed by atoms with Gasteiger partial charge in [0, 0.05) is 0 Å². The average Bonchev–Trinajstić information content (AvgIpc) is 2.55. The Morgan fingerprint density at radius 1 is 1.23 bits per heavy atom. The molecule has 0 aromatic heterocycles. The molecule has 1 aliphatic heterocycles. The molecular formula is C18H16O4. The van der Waals surface area contributed by atoms with Gasteiger partial charge in [-0.25, -0.2) is 4.79 Å². The Balaban J connectivity index is 1.89. The standard InChI is InChI=1S/C18H16O4/c1-2-21-18(20)13-8-9-16-14(10-13)15(19)11-17(22-16)12-6-4-3-5-7-12/h3-10,17H,2,11H2,1H3. The van der Waals surface area contributed by atoms with Gasteiger partial charge in [0.05, 0.1) is 24.2 Å². The van der Waals surface area contributed by atoms with Crippen molar-refractivity contribution in [3.05, 3.63) is 65.2 Å². The minimum absolute atomic E-state index is 0.0266. The average molecular weight is 296 g/mol. The lowest BCUT2D eigenvalue weighted by Crippen LogP contribution is -2.21. The number of hydrogen-bond acceptors (Lipinski definition) is 4. The van der Waals surface area contributed by atoms with Crippen molar-refractivity contribution in [3.63, 3.8) is 0 Å². The Morgan fingerprint density at radius 2 is 2.00 bits per heavy atom. The fourth-order valence-corrected chi connectivity index (χ4v) is 2.52. The van der Waals surface area contributed by atoms with Crippen molar-refractivity contribution in [2.24, 2.45) is 0 Å². The van der Waals surface area contributed by atoms with Gasteiger partial charge in [0.1, 0.15) is 11.9 Å². The smallest absolute Gasteiger partial charge is 0.338 e. The van der Waals surface area contributed by atoms with Crippen LogP contribution in [0.25, 0.3) is 0 Å². The lowest BCUT2D eigenvalue weighted by Gasteiger charge is -2.25. The number of ether oxygens (including phenoxy) is 2. The van der Waals surface area contributed by atoms with Crippen molar-refractivity contribution in [1.82, 2.24) is 0 Å². The topological polar surface area (TPSA) is 52.6 Å². The predicted molar refractivity (Wildman–Crippen MR) is 81.2 cm³/mol. The molecule has 22 heavy (non-hydrogen) atoms. The van der Waals surface area contributed by atoms with Gasteiger partial charge in [-0.2, -0.15) is 0 Å². The Hall–Kier alpha value is -2.62. The summed E-state index contributed by atoms with van der Waals surface area (Å²) in [4.78, 5) is 24.1. The third kappa shape index (κ3) is 2.72. The number of benzene rings is 2. The molecule has 4 nitrogen and oxygen atoms in total. The fourth-order valence-electron chi connectivity index (χ4n) is 2.52. The first-order chi connectivity index (χ1) is 10.7. The van der Waals surface area contributed by atoms with Crippen LogP contribution in [0.5, 0.6) is 5.75 Å². The molecule has 112 valence electrons. The molecule has 1 atom stereocenters. The van der Waals surface area contributed by atoms with Crippen molar-refractivity contribution in [2.45, 2.75) is 19.4 Å². The summed E-state index contributed by atoms with van der Waals surface area (Å²) in [5.41, 5.74) is 1.78. The van der Waals surface area contributed by atoms with Crippen molar-refractivity contribution < 1.29 is 19.1 Å². The van der Waals surface area contributed by atoms with E-state index in [9.17, 15) is 9.59 Å². The number of rotatable bonds is 3. The van der Waals surface area contributed by atoms with Crippen LogP contribution in [0.15, 0.2) is 48.5 Å². The van der Waals surface area contributed by atoms with Crippen molar-refractivity contribution in [2.75, 3.05) is 6.61 Å². The van der Waals surface area contributed by atoms with Crippen LogP contribution in [0, 0.1) is 0 Å². The Kier molecular flexibility index (Phi) is 3.92. The summed E-state index contributed by atoms with van der Waals surface area (Å²) >= 11 is 0. The minimum Gasteiger partial charge on any atom is -0.484 e. The molecule has 0 radical (unpaired) electrons. The lowest BCUT2D eigenvalue weighted by molar-refractivity contribution is 0.0526. The first kappa shape index (κ1) is 14.3. The molecule has 0 spiro atoms. The zero-order valence-corrected chi connectivity index (χ0v) is 12.2. The molecule has 0 aliphatic carbocycles. The Labute approximate surface area is 128 Å². The van der Waals surface area contributed by atoms with E-state index >= 15 is 0 Å². The van der Waals surface area contributed by atoms with Gasteiger partial charge in [-0.15, -0.1) is 0 Å². The summed E-state index contributed by atoms with van der Waals surface area (Å²) in [5.74, 6) is 0.0580. The highest BCUT2D eigenvalue weighted by Gasteiger charge is 2.28.